The van der Waals surface area contributed by atoms with Gasteiger partial charge in [0.05, 0.1) is 18.1 Å². The zero-order valence-corrected chi connectivity index (χ0v) is 16.3. The number of carbonyl (C=O) groups is 1. The molecule has 144 valence electrons. The van der Waals surface area contributed by atoms with E-state index in [0.717, 1.165) is 23.3 Å². The summed E-state index contributed by atoms with van der Waals surface area (Å²) >= 11 is 0. The van der Waals surface area contributed by atoms with E-state index in [2.05, 4.69) is 47.4 Å². The standard InChI is InChI=1S/C22H29N3O2/c1-4-16-5-9-18(10-6-16)21-20(14-24-25-21)22(26)23-13-17-7-11-19(12-8-17)27-15(2)3/h5-12,15,20-21,24-25H,4,13-14H2,1-3H3,(H,23,26). The summed E-state index contributed by atoms with van der Waals surface area (Å²) in [4.78, 5) is 12.7. The Hall–Kier alpha value is -2.37. The van der Waals surface area contributed by atoms with Crippen LogP contribution in [0, 0.1) is 5.92 Å². The lowest BCUT2D eigenvalue weighted by Gasteiger charge is -2.19. The van der Waals surface area contributed by atoms with Gasteiger partial charge in [0.15, 0.2) is 0 Å². The highest BCUT2D eigenvalue weighted by molar-refractivity contribution is 5.80. The van der Waals surface area contributed by atoms with Crippen LogP contribution in [0.25, 0.3) is 0 Å². The van der Waals surface area contributed by atoms with Crippen molar-refractivity contribution in [3.8, 4) is 5.75 Å². The number of nitrogens with one attached hydrogen (secondary N) is 3. The highest BCUT2D eigenvalue weighted by Gasteiger charge is 2.33. The molecule has 27 heavy (non-hydrogen) atoms. The molecule has 1 aliphatic rings. The van der Waals surface area contributed by atoms with Gasteiger partial charge >= 0.3 is 0 Å². The Balaban J connectivity index is 1.57. The van der Waals surface area contributed by atoms with Gasteiger partial charge in [-0.1, -0.05) is 43.3 Å². The maximum atomic E-state index is 12.7. The number of aryl methyl sites for hydroxylation is 1. The Morgan fingerprint density at radius 1 is 1.11 bits per heavy atom. The van der Waals surface area contributed by atoms with Gasteiger partial charge in [-0.05, 0) is 49.1 Å². The molecule has 0 radical (unpaired) electrons. The molecule has 0 saturated carbocycles. The van der Waals surface area contributed by atoms with Gasteiger partial charge < -0.3 is 10.1 Å². The number of carbonyl (C=O) groups excluding carboxylic acids is 1. The summed E-state index contributed by atoms with van der Waals surface area (Å²) in [6.07, 6.45) is 1.17. The fraction of sp³-hybridized carbons (Fsp3) is 0.409. The van der Waals surface area contributed by atoms with Crippen LogP contribution in [-0.2, 0) is 17.8 Å². The van der Waals surface area contributed by atoms with E-state index in [-0.39, 0.29) is 24.0 Å². The molecule has 1 fully saturated rings. The Bertz CT molecular complexity index is 741. The minimum atomic E-state index is -0.138. The molecule has 2 aromatic rings. The van der Waals surface area contributed by atoms with E-state index in [1.807, 2.05) is 38.1 Å². The summed E-state index contributed by atoms with van der Waals surface area (Å²) < 4.78 is 5.65. The lowest BCUT2D eigenvalue weighted by molar-refractivity contribution is -0.125. The van der Waals surface area contributed by atoms with Crippen LogP contribution in [0.2, 0.25) is 0 Å². The average Bonchev–Trinajstić information content (AvgIpc) is 3.17. The molecule has 0 spiro atoms. The van der Waals surface area contributed by atoms with Gasteiger partial charge in [0.2, 0.25) is 5.91 Å². The van der Waals surface area contributed by atoms with E-state index in [4.69, 9.17) is 4.74 Å². The Morgan fingerprint density at radius 3 is 2.41 bits per heavy atom. The molecule has 2 aromatic carbocycles. The average molecular weight is 367 g/mol. The number of amides is 1. The molecule has 2 atom stereocenters. The van der Waals surface area contributed by atoms with E-state index in [1.54, 1.807) is 0 Å². The molecule has 0 aliphatic carbocycles. The number of benzene rings is 2. The van der Waals surface area contributed by atoms with Crippen molar-refractivity contribution in [2.45, 2.75) is 45.9 Å². The molecule has 1 heterocycles. The Labute approximate surface area is 161 Å². The third kappa shape index (κ3) is 5.08. The maximum Gasteiger partial charge on any atom is 0.226 e. The largest absolute Gasteiger partial charge is 0.491 e. The quantitative estimate of drug-likeness (QED) is 0.704. The van der Waals surface area contributed by atoms with E-state index < -0.39 is 0 Å². The molecule has 1 amide bonds. The van der Waals surface area contributed by atoms with Crippen molar-refractivity contribution in [1.29, 1.82) is 0 Å². The summed E-state index contributed by atoms with van der Waals surface area (Å²) in [6.45, 7) is 7.28. The summed E-state index contributed by atoms with van der Waals surface area (Å²) in [6, 6.07) is 16.3. The van der Waals surface area contributed by atoms with E-state index >= 15 is 0 Å². The highest BCUT2D eigenvalue weighted by atomic mass is 16.5. The van der Waals surface area contributed by atoms with Gasteiger partial charge in [-0.2, -0.15) is 0 Å². The van der Waals surface area contributed by atoms with Crippen LogP contribution in [0.5, 0.6) is 5.75 Å². The topological polar surface area (TPSA) is 62.4 Å². The second kappa shape index (κ2) is 9.02. The summed E-state index contributed by atoms with van der Waals surface area (Å²) in [5, 5.41) is 3.06. The molecule has 5 nitrogen and oxygen atoms in total. The fourth-order valence-corrected chi connectivity index (χ4v) is 3.30. The van der Waals surface area contributed by atoms with Gasteiger partial charge in [-0.15, -0.1) is 0 Å². The molecule has 1 saturated heterocycles. The van der Waals surface area contributed by atoms with Gasteiger partial charge in [-0.3, -0.25) is 10.2 Å². The van der Waals surface area contributed by atoms with Crippen molar-refractivity contribution in [2.75, 3.05) is 6.54 Å². The van der Waals surface area contributed by atoms with Crippen molar-refractivity contribution < 1.29 is 9.53 Å². The first-order valence-corrected chi connectivity index (χ1v) is 9.67. The van der Waals surface area contributed by atoms with Crippen molar-refractivity contribution >= 4 is 5.91 Å². The normalized spacial score (nSPS) is 19.3. The fourth-order valence-electron chi connectivity index (χ4n) is 3.30. The van der Waals surface area contributed by atoms with Crippen LogP contribution in [-0.4, -0.2) is 18.6 Å². The molecule has 2 unspecified atom stereocenters. The van der Waals surface area contributed by atoms with Crippen molar-refractivity contribution in [3.63, 3.8) is 0 Å². The first-order valence-electron chi connectivity index (χ1n) is 9.67. The number of ether oxygens (including phenoxy) is 1. The smallest absolute Gasteiger partial charge is 0.226 e. The van der Waals surface area contributed by atoms with Gasteiger partial charge in [0.25, 0.3) is 0 Å². The molecule has 3 N–H and O–H groups in total. The molecule has 1 aliphatic heterocycles. The summed E-state index contributed by atoms with van der Waals surface area (Å²) in [5.41, 5.74) is 9.86. The van der Waals surface area contributed by atoms with Crippen LogP contribution < -0.4 is 20.9 Å². The first kappa shape index (κ1) is 19.4. The second-order valence-electron chi connectivity index (χ2n) is 7.23. The van der Waals surface area contributed by atoms with Crippen LogP contribution >= 0.6 is 0 Å². The van der Waals surface area contributed by atoms with Crippen LogP contribution in [0.3, 0.4) is 0 Å². The Kier molecular flexibility index (Phi) is 6.48. The van der Waals surface area contributed by atoms with Gasteiger partial charge in [0.1, 0.15) is 5.75 Å². The van der Waals surface area contributed by atoms with Crippen molar-refractivity contribution in [1.82, 2.24) is 16.2 Å². The zero-order valence-electron chi connectivity index (χ0n) is 16.3. The second-order valence-corrected chi connectivity index (χ2v) is 7.23. The highest BCUT2D eigenvalue weighted by Crippen LogP contribution is 2.25. The van der Waals surface area contributed by atoms with E-state index in [1.165, 1.54) is 5.56 Å². The van der Waals surface area contributed by atoms with Gasteiger partial charge in [-0.25, -0.2) is 5.43 Å². The Morgan fingerprint density at radius 2 is 1.78 bits per heavy atom. The zero-order chi connectivity index (χ0) is 19.2. The molecule has 0 aromatic heterocycles. The van der Waals surface area contributed by atoms with Crippen LogP contribution in [0.15, 0.2) is 48.5 Å². The SMILES string of the molecule is CCc1ccc(C2NNCC2C(=O)NCc2ccc(OC(C)C)cc2)cc1. The predicted octanol–water partition coefficient (Wildman–Crippen LogP) is 3.12. The van der Waals surface area contributed by atoms with Crippen molar-refractivity contribution in [3.05, 3.63) is 65.2 Å². The molecule has 5 heteroatoms. The summed E-state index contributed by atoms with van der Waals surface area (Å²) in [5.74, 6) is 0.764. The predicted molar refractivity (Wildman–Crippen MR) is 107 cm³/mol. The lowest BCUT2D eigenvalue weighted by atomic mass is 9.93. The number of hydrazine groups is 1. The monoisotopic (exact) mass is 367 g/mol. The minimum Gasteiger partial charge on any atom is -0.491 e. The third-order valence-corrected chi connectivity index (χ3v) is 4.83. The first-order chi connectivity index (χ1) is 13.1. The van der Waals surface area contributed by atoms with Gasteiger partial charge in [0, 0.05) is 13.1 Å². The van der Waals surface area contributed by atoms with Crippen LogP contribution in [0.4, 0.5) is 0 Å². The molecule has 3 rings (SSSR count). The number of hydrogen-bond acceptors (Lipinski definition) is 4. The molecular weight excluding hydrogens is 338 g/mol. The minimum absolute atomic E-state index is 0.0160. The molecular formula is C22H29N3O2. The van der Waals surface area contributed by atoms with E-state index in [0.29, 0.717) is 13.1 Å². The van der Waals surface area contributed by atoms with Crippen LogP contribution in [0.1, 0.15) is 43.5 Å². The number of hydrogen-bond donors (Lipinski definition) is 3. The maximum absolute atomic E-state index is 12.7. The third-order valence-electron chi connectivity index (χ3n) is 4.83. The summed E-state index contributed by atoms with van der Waals surface area (Å²) in [7, 11) is 0. The number of rotatable bonds is 7. The van der Waals surface area contributed by atoms with Crippen molar-refractivity contribution in [2.24, 2.45) is 5.92 Å². The molecule has 0 bridgehead atoms. The lowest BCUT2D eigenvalue weighted by Crippen LogP contribution is -2.34. The van der Waals surface area contributed by atoms with E-state index in [9.17, 15) is 4.79 Å².